The maximum absolute atomic E-state index is 12.5. The molecule has 0 spiro atoms. The van der Waals surface area contributed by atoms with Crippen LogP contribution in [0, 0.1) is 12.8 Å². The average Bonchev–Trinajstić information content (AvgIpc) is 3.08. The average molecular weight is 459 g/mol. The minimum absolute atomic E-state index is 0.0126. The molecular formula is C27H26N2O5. The quantitative estimate of drug-likeness (QED) is 0.473. The molecule has 3 aromatic rings. The van der Waals surface area contributed by atoms with Crippen molar-refractivity contribution in [2.24, 2.45) is 5.92 Å². The van der Waals surface area contributed by atoms with E-state index in [1.165, 1.54) is 0 Å². The molecule has 2 N–H and O–H groups in total. The van der Waals surface area contributed by atoms with Crippen molar-refractivity contribution in [2.75, 3.05) is 6.54 Å². The highest BCUT2D eigenvalue weighted by molar-refractivity contribution is 6.21. The molecule has 2 atom stereocenters. The number of pyridine rings is 1. The summed E-state index contributed by atoms with van der Waals surface area (Å²) in [6.07, 6.45) is 1.46. The molecule has 4 rings (SSSR count). The van der Waals surface area contributed by atoms with Crippen LogP contribution in [-0.2, 0) is 11.2 Å². The molecule has 0 saturated carbocycles. The van der Waals surface area contributed by atoms with Crippen molar-refractivity contribution < 1.29 is 24.6 Å². The number of fused-ring (bicyclic) bond motifs is 1. The summed E-state index contributed by atoms with van der Waals surface area (Å²) >= 11 is 0. The number of aliphatic carboxylic acids is 1. The maximum Gasteiger partial charge on any atom is 0.309 e. The predicted octanol–water partition coefficient (Wildman–Crippen LogP) is 3.74. The van der Waals surface area contributed by atoms with E-state index >= 15 is 0 Å². The normalized spacial score (nSPS) is 14.7. The van der Waals surface area contributed by atoms with E-state index in [0.717, 1.165) is 27.3 Å². The van der Waals surface area contributed by atoms with Crippen LogP contribution in [0.15, 0.2) is 66.9 Å². The molecule has 2 amide bonds. The first-order valence-corrected chi connectivity index (χ1v) is 11.2. The Morgan fingerprint density at radius 2 is 1.53 bits per heavy atom. The zero-order chi connectivity index (χ0) is 24.2. The van der Waals surface area contributed by atoms with Crippen LogP contribution in [0.2, 0.25) is 0 Å². The van der Waals surface area contributed by atoms with Gasteiger partial charge in [-0.1, -0.05) is 42.5 Å². The summed E-state index contributed by atoms with van der Waals surface area (Å²) in [6.45, 7) is 1.88. The third-order valence-electron chi connectivity index (χ3n) is 6.25. The number of aliphatic hydroxyl groups excluding tert-OH is 1. The summed E-state index contributed by atoms with van der Waals surface area (Å²) in [6, 6.07) is 18.4. The van der Waals surface area contributed by atoms with Crippen molar-refractivity contribution >= 4 is 17.8 Å². The Morgan fingerprint density at radius 3 is 2.09 bits per heavy atom. The van der Waals surface area contributed by atoms with Crippen molar-refractivity contribution in [2.45, 2.75) is 32.3 Å². The van der Waals surface area contributed by atoms with Gasteiger partial charge in [0.1, 0.15) is 0 Å². The number of amides is 2. The van der Waals surface area contributed by atoms with Gasteiger partial charge in [0.15, 0.2) is 0 Å². The number of carbonyl (C=O) groups excluding carboxylic acids is 2. The Balaban J connectivity index is 1.34. The van der Waals surface area contributed by atoms with Crippen LogP contribution in [0.25, 0.3) is 11.1 Å². The van der Waals surface area contributed by atoms with E-state index in [2.05, 4.69) is 4.98 Å². The Labute approximate surface area is 197 Å². The predicted molar refractivity (Wildman–Crippen MR) is 126 cm³/mol. The van der Waals surface area contributed by atoms with E-state index < -0.39 is 29.8 Å². The lowest BCUT2D eigenvalue weighted by Crippen LogP contribution is -2.36. The minimum Gasteiger partial charge on any atom is -0.481 e. The zero-order valence-corrected chi connectivity index (χ0v) is 18.8. The van der Waals surface area contributed by atoms with Gasteiger partial charge in [0.2, 0.25) is 0 Å². The topological polar surface area (TPSA) is 108 Å². The van der Waals surface area contributed by atoms with Gasteiger partial charge >= 0.3 is 5.97 Å². The fraction of sp³-hybridized carbons (Fsp3) is 0.259. The van der Waals surface area contributed by atoms with Crippen LogP contribution in [-0.4, -0.2) is 50.5 Å². The van der Waals surface area contributed by atoms with E-state index in [1.807, 2.05) is 49.5 Å². The van der Waals surface area contributed by atoms with Crippen molar-refractivity contribution in [3.63, 3.8) is 0 Å². The van der Waals surface area contributed by atoms with Crippen LogP contribution >= 0.6 is 0 Å². The molecule has 7 heteroatoms. The van der Waals surface area contributed by atoms with Gasteiger partial charge in [0, 0.05) is 24.0 Å². The molecule has 0 radical (unpaired) electrons. The number of aryl methyl sites for hydroxylation is 2. The van der Waals surface area contributed by atoms with E-state index in [9.17, 15) is 24.6 Å². The third-order valence-corrected chi connectivity index (χ3v) is 6.25. The van der Waals surface area contributed by atoms with Gasteiger partial charge in [-0.2, -0.15) is 0 Å². The van der Waals surface area contributed by atoms with Gasteiger partial charge in [0.25, 0.3) is 11.8 Å². The molecular weight excluding hydrogens is 432 g/mol. The number of imide groups is 1. The second-order valence-electron chi connectivity index (χ2n) is 8.53. The summed E-state index contributed by atoms with van der Waals surface area (Å²) in [5, 5.41) is 20.2. The molecule has 0 bridgehead atoms. The summed E-state index contributed by atoms with van der Waals surface area (Å²) in [5.41, 5.74) is 4.62. The van der Waals surface area contributed by atoms with Gasteiger partial charge in [0.05, 0.1) is 23.1 Å². The first kappa shape index (κ1) is 23.3. The number of aromatic nitrogens is 1. The summed E-state index contributed by atoms with van der Waals surface area (Å²) in [7, 11) is 0. The minimum atomic E-state index is -1.15. The molecule has 2 heterocycles. The van der Waals surface area contributed by atoms with Crippen molar-refractivity contribution in [1.82, 2.24) is 9.88 Å². The van der Waals surface area contributed by atoms with E-state index in [4.69, 9.17) is 0 Å². The van der Waals surface area contributed by atoms with Crippen LogP contribution in [0.1, 0.15) is 44.8 Å². The second-order valence-corrected chi connectivity index (χ2v) is 8.53. The smallest absolute Gasteiger partial charge is 0.309 e. The zero-order valence-electron chi connectivity index (χ0n) is 18.8. The lowest BCUT2D eigenvalue weighted by molar-refractivity contribution is -0.146. The van der Waals surface area contributed by atoms with E-state index in [-0.39, 0.29) is 19.4 Å². The standard InChI is InChI=1S/C27H26N2O5/c1-17-6-10-20(16-28-17)19-11-7-18(8-12-19)9-13-24(30)23(27(33)34)14-15-29-25(31)21-4-2-3-5-22(21)26(29)32/h2-8,10-12,16,23-24,30H,9,13-15H2,1H3,(H,33,34)/t23?,24-/m1/s1. The summed E-state index contributed by atoms with van der Waals surface area (Å²) in [4.78, 5) is 42.2. The van der Waals surface area contributed by atoms with Gasteiger partial charge < -0.3 is 10.2 Å². The van der Waals surface area contributed by atoms with Crippen molar-refractivity contribution in [1.29, 1.82) is 0 Å². The van der Waals surface area contributed by atoms with Crippen molar-refractivity contribution in [3.05, 3.63) is 89.2 Å². The molecule has 174 valence electrons. The van der Waals surface area contributed by atoms with Crippen molar-refractivity contribution in [3.8, 4) is 11.1 Å². The number of rotatable bonds is 9. The largest absolute Gasteiger partial charge is 0.481 e. The van der Waals surface area contributed by atoms with Crippen LogP contribution in [0.4, 0.5) is 0 Å². The molecule has 0 fully saturated rings. The van der Waals surface area contributed by atoms with Crippen LogP contribution in [0.5, 0.6) is 0 Å². The molecule has 1 aromatic heterocycles. The fourth-order valence-corrected chi connectivity index (χ4v) is 4.21. The number of aliphatic hydroxyl groups is 1. The van der Waals surface area contributed by atoms with Gasteiger partial charge in [-0.25, -0.2) is 0 Å². The Morgan fingerprint density at radius 1 is 0.912 bits per heavy atom. The van der Waals surface area contributed by atoms with Gasteiger partial charge in [-0.05, 0) is 55.5 Å². The summed E-state index contributed by atoms with van der Waals surface area (Å²) in [5.74, 6) is -3.08. The molecule has 0 saturated heterocycles. The highest BCUT2D eigenvalue weighted by Crippen LogP contribution is 2.25. The fourth-order valence-electron chi connectivity index (χ4n) is 4.21. The van der Waals surface area contributed by atoms with Gasteiger partial charge in [-0.15, -0.1) is 0 Å². The lowest BCUT2D eigenvalue weighted by Gasteiger charge is -2.22. The second kappa shape index (κ2) is 9.97. The Bertz CT molecular complexity index is 1170. The van der Waals surface area contributed by atoms with E-state index in [1.54, 1.807) is 24.3 Å². The molecule has 1 aliphatic rings. The monoisotopic (exact) mass is 458 g/mol. The van der Waals surface area contributed by atoms with Gasteiger partial charge in [-0.3, -0.25) is 24.3 Å². The SMILES string of the molecule is Cc1ccc(-c2ccc(CC[C@@H](O)C(CCN3C(=O)c4ccccc4C3=O)C(=O)O)cc2)cn1. The number of carboxylic acids is 1. The number of carbonyl (C=O) groups is 3. The molecule has 7 nitrogen and oxygen atoms in total. The lowest BCUT2D eigenvalue weighted by atomic mass is 9.93. The number of carboxylic acid groups (broad SMARTS) is 1. The molecule has 1 unspecified atom stereocenters. The Kier molecular flexibility index (Phi) is 6.84. The first-order valence-electron chi connectivity index (χ1n) is 11.2. The summed E-state index contributed by atoms with van der Waals surface area (Å²) < 4.78 is 0. The molecule has 1 aliphatic heterocycles. The molecule has 34 heavy (non-hydrogen) atoms. The number of hydrogen-bond donors (Lipinski definition) is 2. The van der Waals surface area contributed by atoms with Crippen LogP contribution in [0.3, 0.4) is 0 Å². The molecule has 2 aromatic carbocycles. The maximum atomic E-state index is 12.5. The Hall–Kier alpha value is -3.84. The molecule has 0 aliphatic carbocycles. The highest BCUT2D eigenvalue weighted by Gasteiger charge is 2.36. The first-order chi connectivity index (χ1) is 16.3. The number of nitrogens with zero attached hydrogens (tertiary/aromatic N) is 2. The number of benzene rings is 2. The number of hydrogen-bond acceptors (Lipinski definition) is 5. The van der Waals surface area contributed by atoms with Crippen LogP contribution < -0.4 is 0 Å². The third kappa shape index (κ3) is 4.89. The highest BCUT2D eigenvalue weighted by atomic mass is 16.4. The van der Waals surface area contributed by atoms with E-state index in [0.29, 0.717) is 17.5 Å².